The van der Waals surface area contributed by atoms with Crippen molar-refractivity contribution >= 4 is 5.97 Å². The van der Waals surface area contributed by atoms with Gasteiger partial charge in [0, 0.05) is 11.9 Å². The standard InChI is InChI=1S/C14H20N2O2/c1-9-13(8-15-10(2)16-9)7-11-3-5-12(6-4-11)14(17)18/h8,11-12H,3-7H2,1-2H3,(H,17,18). The first-order valence-corrected chi connectivity index (χ1v) is 6.58. The van der Waals surface area contributed by atoms with Crippen molar-refractivity contribution in [2.45, 2.75) is 46.0 Å². The van der Waals surface area contributed by atoms with Gasteiger partial charge in [0.15, 0.2) is 0 Å². The fourth-order valence-corrected chi connectivity index (χ4v) is 2.73. The molecule has 0 aromatic carbocycles. The molecule has 0 amide bonds. The largest absolute Gasteiger partial charge is 0.481 e. The maximum absolute atomic E-state index is 10.9. The summed E-state index contributed by atoms with van der Waals surface area (Å²) in [5.74, 6) is 0.636. The molecule has 1 heterocycles. The maximum atomic E-state index is 10.9. The average molecular weight is 248 g/mol. The first kappa shape index (κ1) is 13.0. The Bertz CT molecular complexity index is 437. The van der Waals surface area contributed by atoms with Gasteiger partial charge >= 0.3 is 5.97 Å². The molecule has 0 radical (unpaired) electrons. The van der Waals surface area contributed by atoms with E-state index in [1.807, 2.05) is 20.0 Å². The zero-order valence-electron chi connectivity index (χ0n) is 11.0. The van der Waals surface area contributed by atoms with Crippen LogP contribution in [0.15, 0.2) is 6.20 Å². The summed E-state index contributed by atoms with van der Waals surface area (Å²) in [6.07, 6.45) is 6.53. The lowest BCUT2D eigenvalue weighted by molar-refractivity contribution is -0.143. The van der Waals surface area contributed by atoms with Crippen LogP contribution in [-0.2, 0) is 11.2 Å². The molecule has 18 heavy (non-hydrogen) atoms. The number of aryl methyl sites for hydroxylation is 2. The number of nitrogens with zero attached hydrogens (tertiary/aromatic N) is 2. The van der Waals surface area contributed by atoms with Crippen molar-refractivity contribution in [1.82, 2.24) is 9.97 Å². The third kappa shape index (κ3) is 3.06. The smallest absolute Gasteiger partial charge is 0.306 e. The summed E-state index contributed by atoms with van der Waals surface area (Å²) in [7, 11) is 0. The summed E-state index contributed by atoms with van der Waals surface area (Å²) in [6.45, 7) is 3.92. The van der Waals surface area contributed by atoms with Crippen LogP contribution in [0.2, 0.25) is 0 Å². The molecule has 0 saturated heterocycles. The van der Waals surface area contributed by atoms with E-state index in [9.17, 15) is 4.79 Å². The summed E-state index contributed by atoms with van der Waals surface area (Å²) in [6, 6.07) is 0. The SMILES string of the molecule is Cc1ncc(CC2CCC(C(=O)O)CC2)c(C)n1. The molecule has 1 N–H and O–H groups in total. The molecular weight excluding hydrogens is 228 g/mol. The number of carboxylic acids is 1. The molecule has 1 aromatic heterocycles. The molecule has 1 aliphatic rings. The average Bonchev–Trinajstić information content (AvgIpc) is 2.33. The highest BCUT2D eigenvalue weighted by Gasteiger charge is 2.26. The number of aliphatic carboxylic acids is 1. The Kier molecular flexibility index (Phi) is 3.94. The first-order chi connectivity index (χ1) is 8.56. The second kappa shape index (κ2) is 5.46. The van der Waals surface area contributed by atoms with E-state index in [4.69, 9.17) is 5.11 Å². The van der Waals surface area contributed by atoms with Gasteiger partial charge in [-0.1, -0.05) is 0 Å². The summed E-state index contributed by atoms with van der Waals surface area (Å²) in [4.78, 5) is 19.5. The van der Waals surface area contributed by atoms with Crippen molar-refractivity contribution in [3.63, 3.8) is 0 Å². The summed E-state index contributed by atoms with van der Waals surface area (Å²) in [5.41, 5.74) is 2.27. The van der Waals surface area contributed by atoms with Gasteiger partial charge in [0.1, 0.15) is 5.82 Å². The van der Waals surface area contributed by atoms with Crippen LogP contribution in [0.4, 0.5) is 0 Å². The summed E-state index contributed by atoms with van der Waals surface area (Å²) in [5, 5.41) is 8.97. The summed E-state index contributed by atoms with van der Waals surface area (Å²) < 4.78 is 0. The quantitative estimate of drug-likeness (QED) is 0.892. The van der Waals surface area contributed by atoms with E-state index in [0.29, 0.717) is 5.92 Å². The number of carboxylic acid groups (broad SMARTS) is 1. The van der Waals surface area contributed by atoms with Crippen molar-refractivity contribution in [2.24, 2.45) is 11.8 Å². The van der Waals surface area contributed by atoms with Crippen LogP contribution in [0.1, 0.15) is 42.8 Å². The Hall–Kier alpha value is -1.45. The molecule has 1 aromatic rings. The van der Waals surface area contributed by atoms with Gasteiger partial charge in [0.2, 0.25) is 0 Å². The maximum Gasteiger partial charge on any atom is 0.306 e. The van der Waals surface area contributed by atoms with Gasteiger partial charge < -0.3 is 5.11 Å². The molecule has 1 aliphatic carbocycles. The Morgan fingerprint density at radius 3 is 2.56 bits per heavy atom. The van der Waals surface area contributed by atoms with E-state index in [1.165, 1.54) is 5.56 Å². The molecule has 0 atom stereocenters. The molecule has 0 bridgehead atoms. The fraction of sp³-hybridized carbons (Fsp3) is 0.643. The van der Waals surface area contributed by atoms with Crippen LogP contribution in [0, 0.1) is 25.7 Å². The van der Waals surface area contributed by atoms with Crippen molar-refractivity contribution < 1.29 is 9.90 Å². The molecule has 0 spiro atoms. The van der Waals surface area contributed by atoms with E-state index < -0.39 is 5.97 Å². The third-order valence-corrected chi connectivity index (χ3v) is 3.91. The van der Waals surface area contributed by atoms with Crippen molar-refractivity contribution in [3.8, 4) is 0 Å². The highest BCUT2D eigenvalue weighted by Crippen LogP contribution is 2.31. The number of carbonyl (C=O) groups is 1. The normalized spacial score (nSPS) is 23.9. The molecule has 2 rings (SSSR count). The molecule has 4 heteroatoms. The van der Waals surface area contributed by atoms with Crippen LogP contribution >= 0.6 is 0 Å². The third-order valence-electron chi connectivity index (χ3n) is 3.91. The van der Waals surface area contributed by atoms with Gasteiger partial charge in [0.05, 0.1) is 5.92 Å². The lowest BCUT2D eigenvalue weighted by Crippen LogP contribution is -2.22. The Morgan fingerprint density at radius 1 is 1.33 bits per heavy atom. The van der Waals surface area contributed by atoms with Crippen LogP contribution in [-0.4, -0.2) is 21.0 Å². The second-order valence-electron chi connectivity index (χ2n) is 5.29. The van der Waals surface area contributed by atoms with Gasteiger partial charge in [0.25, 0.3) is 0 Å². The van der Waals surface area contributed by atoms with Crippen LogP contribution in [0.5, 0.6) is 0 Å². The second-order valence-corrected chi connectivity index (χ2v) is 5.29. The van der Waals surface area contributed by atoms with Crippen molar-refractivity contribution in [3.05, 3.63) is 23.3 Å². The van der Waals surface area contributed by atoms with Crippen LogP contribution < -0.4 is 0 Å². The Labute approximate surface area is 107 Å². The van der Waals surface area contributed by atoms with E-state index >= 15 is 0 Å². The monoisotopic (exact) mass is 248 g/mol. The molecule has 4 nitrogen and oxygen atoms in total. The Morgan fingerprint density at radius 2 is 2.00 bits per heavy atom. The van der Waals surface area contributed by atoms with E-state index in [2.05, 4.69) is 9.97 Å². The molecule has 0 unspecified atom stereocenters. The van der Waals surface area contributed by atoms with Gasteiger partial charge in [-0.2, -0.15) is 0 Å². The minimum absolute atomic E-state index is 0.128. The predicted octanol–water partition coefficient (Wildman–Crippen LogP) is 2.53. The summed E-state index contributed by atoms with van der Waals surface area (Å²) >= 11 is 0. The van der Waals surface area contributed by atoms with E-state index in [-0.39, 0.29) is 5.92 Å². The van der Waals surface area contributed by atoms with E-state index in [0.717, 1.165) is 43.6 Å². The molecule has 0 aliphatic heterocycles. The minimum atomic E-state index is -0.636. The number of hydrogen-bond donors (Lipinski definition) is 1. The minimum Gasteiger partial charge on any atom is -0.481 e. The highest BCUT2D eigenvalue weighted by molar-refractivity contribution is 5.69. The van der Waals surface area contributed by atoms with E-state index in [1.54, 1.807) is 0 Å². The van der Waals surface area contributed by atoms with Gasteiger partial charge in [-0.05, 0) is 57.4 Å². The lowest BCUT2D eigenvalue weighted by Gasteiger charge is -2.26. The molecule has 98 valence electrons. The van der Waals surface area contributed by atoms with Gasteiger partial charge in [-0.15, -0.1) is 0 Å². The number of rotatable bonds is 3. The number of aromatic nitrogens is 2. The highest BCUT2D eigenvalue weighted by atomic mass is 16.4. The Balaban J connectivity index is 1.93. The van der Waals surface area contributed by atoms with Crippen molar-refractivity contribution in [2.75, 3.05) is 0 Å². The molecular formula is C14H20N2O2. The fourth-order valence-electron chi connectivity index (χ4n) is 2.73. The van der Waals surface area contributed by atoms with Crippen LogP contribution in [0.25, 0.3) is 0 Å². The van der Waals surface area contributed by atoms with Crippen LogP contribution in [0.3, 0.4) is 0 Å². The van der Waals surface area contributed by atoms with Gasteiger partial charge in [-0.25, -0.2) is 9.97 Å². The van der Waals surface area contributed by atoms with Crippen molar-refractivity contribution in [1.29, 1.82) is 0 Å². The van der Waals surface area contributed by atoms with Gasteiger partial charge in [-0.3, -0.25) is 4.79 Å². The zero-order chi connectivity index (χ0) is 13.1. The molecule has 1 fully saturated rings. The first-order valence-electron chi connectivity index (χ1n) is 6.58. The predicted molar refractivity (Wildman–Crippen MR) is 68.3 cm³/mol. The lowest BCUT2D eigenvalue weighted by atomic mass is 9.79. The zero-order valence-corrected chi connectivity index (χ0v) is 11.0. The topological polar surface area (TPSA) is 63.1 Å². The molecule has 1 saturated carbocycles. The number of hydrogen-bond acceptors (Lipinski definition) is 3.